The zero-order chi connectivity index (χ0) is 22.9. The third-order valence-corrected chi connectivity index (χ3v) is 5.96. The van der Waals surface area contributed by atoms with Gasteiger partial charge < -0.3 is 20.3 Å². The van der Waals surface area contributed by atoms with Crippen molar-refractivity contribution in [3.05, 3.63) is 72.3 Å². The lowest BCUT2D eigenvalue weighted by atomic mass is 10.1. The van der Waals surface area contributed by atoms with Crippen molar-refractivity contribution in [2.75, 3.05) is 38.1 Å². The minimum absolute atomic E-state index is 0.0219. The highest BCUT2D eigenvalue weighted by molar-refractivity contribution is 5.97. The van der Waals surface area contributed by atoms with Crippen LogP contribution in [0.2, 0.25) is 0 Å². The second-order valence-corrected chi connectivity index (χ2v) is 8.29. The number of carbonyl (C=O) groups excluding carboxylic acids is 2. The third-order valence-electron chi connectivity index (χ3n) is 5.96. The van der Waals surface area contributed by atoms with Gasteiger partial charge >= 0.3 is 0 Å². The molecule has 0 aromatic heterocycles. The molecular weight excluding hydrogens is 414 g/mol. The second-order valence-electron chi connectivity index (χ2n) is 8.29. The Hall–Kier alpha value is -3.54. The van der Waals surface area contributed by atoms with Crippen molar-refractivity contribution < 1.29 is 14.3 Å². The number of amides is 2. The predicted molar refractivity (Wildman–Crippen MR) is 132 cm³/mol. The largest absolute Gasteiger partial charge is 0.483 e. The van der Waals surface area contributed by atoms with E-state index in [9.17, 15) is 9.59 Å². The van der Waals surface area contributed by atoms with E-state index in [2.05, 4.69) is 28.8 Å². The van der Waals surface area contributed by atoms with Crippen molar-refractivity contribution in [2.45, 2.75) is 25.7 Å². The topological polar surface area (TPSA) is 70.7 Å². The molecule has 0 unspecified atom stereocenters. The fourth-order valence-electron chi connectivity index (χ4n) is 4.18. The van der Waals surface area contributed by atoms with Crippen LogP contribution in [0.3, 0.4) is 0 Å². The average Bonchev–Trinajstić information content (AvgIpc) is 3.15. The minimum atomic E-state index is -0.215. The van der Waals surface area contributed by atoms with E-state index in [-0.39, 0.29) is 18.4 Å². The minimum Gasteiger partial charge on any atom is -0.483 e. The lowest BCUT2D eigenvalue weighted by Gasteiger charge is -2.20. The molecule has 1 saturated heterocycles. The normalized spacial score (nSPS) is 13.9. The maximum Gasteiger partial charge on any atom is 0.260 e. The van der Waals surface area contributed by atoms with Gasteiger partial charge in [0.1, 0.15) is 5.75 Å². The molecule has 4 rings (SSSR count). The summed E-state index contributed by atoms with van der Waals surface area (Å²) in [5.41, 5.74) is 1.48. The second kappa shape index (κ2) is 11.4. The summed E-state index contributed by atoms with van der Waals surface area (Å²) in [7, 11) is 0. The number of fused-ring (bicyclic) bond motifs is 1. The maximum absolute atomic E-state index is 12.8. The number of nitrogens with one attached hydrogen (secondary N) is 2. The lowest BCUT2D eigenvalue weighted by molar-refractivity contribution is -0.133. The molecule has 2 amide bonds. The molecule has 2 N–H and O–H groups in total. The van der Waals surface area contributed by atoms with E-state index in [1.165, 1.54) is 18.2 Å². The molecule has 0 saturated carbocycles. The highest BCUT2D eigenvalue weighted by Gasteiger charge is 2.18. The van der Waals surface area contributed by atoms with Gasteiger partial charge in [0.05, 0.1) is 5.56 Å². The number of hydrogen-bond donors (Lipinski definition) is 2. The molecule has 1 aliphatic rings. The Bertz CT molecular complexity index is 1090. The van der Waals surface area contributed by atoms with Crippen LogP contribution in [0.1, 0.15) is 36.0 Å². The number of carbonyl (C=O) groups is 2. The Kier molecular flexibility index (Phi) is 7.80. The average molecular weight is 446 g/mol. The van der Waals surface area contributed by atoms with Gasteiger partial charge in [-0.3, -0.25) is 9.59 Å². The smallest absolute Gasteiger partial charge is 0.260 e. The van der Waals surface area contributed by atoms with Crippen LogP contribution in [0.4, 0.5) is 5.69 Å². The first-order valence-electron chi connectivity index (χ1n) is 11.7. The van der Waals surface area contributed by atoms with Gasteiger partial charge in [-0.15, -0.1) is 0 Å². The van der Waals surface area contributed by atoms with E-state index in [4.69, 9.17) is 4.74 Å². The number of nitrogens with zero attached hydrogens (tertiary/aromatic N) is 1. The van der Waals surface area contributed by atoms with Crippen LogP contribution in [0.15, 0.2) is 66.7 Å². The zero-order valence-electron chi connectivity index (χ0n) is 18.9. The first-order valence-corrected chi connectivity index (χ1v) is 11.7. The van der Waals surface area contributed by atoms with Gasteiger partial charge in [0.25, 0.3) is 11.8 Å². The molecule has 3 aromatic rings. The Labute approximate surface area is 194 Å². The molecule has 0 aliphatic carbocycles. The van der Waals surface area contributed by atoms with Crippen LogP contribution in [-0.2, 0) is 4.79 Å². The molecule has 0 radical (unpaired) electrons. The standard InChI is InChI=1S/C27H31N3O3/c31-26(30-18-7-1-2-8-19-30)20-33-25-15-6-5-13-23(25)27(32)29-17-16-28-24-14-9-11-21-10-3-4-12-22(21)24/h3-6,9-15,28H,1-2,7-8,16-20H2,(H,29,32). The van der Waals surface area contributed by atoms with E-state index in [0.717, 1.165) is 37.0 Å². The van der Waals surface area contributed by atoms with E-state index < -0.39 is 0 Å². The molecule has 6 nitrogen and oxygen atoms in total. The first-order chi connectivity index (χ1) is 16.2. The Morgan fingerprint density at radius 3 is 2.39 bits per heavy atom. The highest BCUT2D eigenvalue weighted by atomic mass is 16.5. The van der Waals surface area contributed by atoms with Crippen molar-refractivity contribution in [1.29, 1.82) is 0 Å². The maximum atomic E-state index is 12.8. The monoisotopic (exact) mass is 445 g/mol. The van der Waals surface area contributed by atoms with E-state index in [1.54, 1.807) is 18.2 Å². The summed E-state index contributed by atoms with van der Waals surface area (Å²) in [6, 6.07) is 21.4. The number of hydrogen-bond acceptors (Lipinski definition) is 4. The summed E-state index contributed by atoms with van der Waals surface area (Å²) in [6.45, 7) is 2.58. The molecular formula is C27H31N3O3. The van der Waals surface area contributed by atoms with Crippen molar-refractivity contribution >= 4 is 28.3 Å². The molecule has 6 heteroatoms. The fourth-order valence-corrected chi connectivity index (χ4v) is 4.18. The summed E-state index contributed by atoms with van der Waals surface area (Å²) in [6.07, 6.45) is 4.42. The van der Waals surface area contributed by atoms with Gasteiger partial charge in [0, 0.05) is 37.3 Å². The molecule has 3 aromatic carbocycles. The molecule has 1 heterocycles. The van der Waals surface area contributed by atoms with Gasteiger partial charge in [-0.1, -0.05) is 61.4 Å². The van der Waals surface area contributed by atoms with Gasteiger partial charge in [-0.25, -0.2) is 0 Å². The van der Waals surface area contributed by atoms with Crippen LogP contribution < -0.4 is 15.4 Å². The van der Waals surface area contributed by atoms with Crippen LogP contribution in [0.5, 0.6) is 5.75 Å². The third kappa shape index (κ3) is 6.04. The van der Waals surface area contributed by atoms with Crippen LogP contribution >= 0.6 is 0 Å². The zero-order valence-corrected chi connectivity index (χ0v) is 18.9. The molecule has 0 bridgehead atoms. The number of benzene rings is 3. The van der Waals surface area contributed by atoms with Crippen LogP contribution in [-0.4, -0.2) is 49.5 Å². The van der Waals surface area contributed by atoms with Gasteiger partial charge in [-0.2, -0.15) is 0 Å². The SMILES string of the molecule is O=C(NCCNc1cccc2ccccc12)c1ccccc1OCC(=O)N1CCCCCC1. The fraction of sp³-hybridized carbons (Fsp3) is 0.333. The number of ether oxygens (including phenoxy) is 1. The Balaban J connectivity index is 1.29. The molecule has 0 atom stereocenters. The quantitative estimate of drug-likeness (QED) is 0.502. The van der Waals surface area contributed by atoms with E-state index in [0.29, 0.717) is 24.4 Å². The molecule has 33 heavy (non-hydrogen) atoms. The molecule has 172 valence electrons. The van der Waals surface area contributed by atoms with Crippen LogP contribution in [0, 0.1) is 0 Å². The van der Waals surface area contributed by atoms with Crippen LogP contribution in [0.25, 0.3) is 10.8 Å². The summed E-state index contributed by atoms with van der Waals surface area (Å²) in [5.74, 6) is 0.194. The number of anilines is 1. The number of likely N-dealkylation sites (tertiary alicyclic amines) is 1. The van der Waals surface area contributed by atoms with E-state index in [1.807, 2.05) is 35.2 Å². The predicted octanol–water partition coefficient (Wildman–Crippen LogP) is 4.46. The van der Waals surface area contributed by atoms with Crippen molar-refractivity contribution in [2.24, 2.45) is 0 Å². The number of rotatable bonds is 8. The highest BCUT2D eigenvalue weighted by Crippen LogP contribution is 2.22. The summed E-state index contributed by atoms with van der Waals surface area (Å²) in [5, 5.41) is 8.66. The van der Waals surface area contributed by atoms with Gasteiger partial charge in [0.15, 0.2) is 6.61 Å². The summed E-state index contributed by atoms with van der Waals surface area (Å²) < 4.78 is 5.77. The lowest BCUT2D eigenvalue weighted by Crippen LogP contribution is -2.36. The first kappa shape index (κ1) is 22.6. The van der Waals surface area contributed by atoms with Crippen molar-refractivity contribution in [3.63, 3.8) is 0 Å². The van der Waals surface area contributed by atoms with Gasteiger partial charge in [0.2, 0.25) is 0 Å². The van der Waals surface area contributed by atoms with Gasteiger partial charge in [-0.05, 0) is 36.4 Å². The Morgan fingerprint density at radius 2 is 1.55 bits per heavy atom. The summed E-state index contributed by atoms with van der Waals surface area (Å²) in [4.78, 5) is 27.2. The van der Waals surface area contributed by atoms with Crippen molar-refractivity contribution in [1.82, 2.24) is 10.2 Å². The van der Waals surface area contributed by atoms with Crippen molar-refractivity contribution in [3.8, 4) is 5.75 Å². The molecule has 1 aliphatic heterocycles. The van der Waals surface area contributed by atoms with E-state index >= 15 is 0 Å². The Morgan fingerprint density at radius 1 is 0.818 bits per heavy atom. The molecule has 1 fully saturated rings. The molecule has 0 spiro atoms. The summed E-state index contributed by atoms with van der Waals surface area (Å²) >= 11 is 0. The number of para-hydroxylation sites is 1.